The number of nitrogens with zero attached hydrogens (tertiary/aromatic N) is 2. The fourth-order valence-corrected chi connectivity index (χ4v) is 2.96. The van der Waals surface area contributed by atoms with Crippen LogP contribution < -0.4 is 15.2 Å². The summed E-state index contributed by atoms with van der Waals surface area (Å²) in [5, 5.41) is 0. The van der Waals surface area contributed by atoms with Crippen molar-refractivity contribution < 1.29 is 9.47 Å². The summed E-state index contributed by atoms with van der Waals surface area (Å²) in [4.78, 5) is 4.80. The number of hydrogen-bond donors (Lipinski definition) is 1. The van der Waals surface area contributed by atoms with Gasteiger partial charge in [-0.1, -0.05) is 19.1 Å². The summed E-state index contributed by atoms with van der Waals surface area (Å²) in [6, 6.07) is 12.0. The van der Waals surface area contributed by atoms with Crippen molar-refractivity contribution in [2.24, 2.45) is 0 Å². The van der Waals surface area contributed by atoms with Gasteiger partial charge < -0.3 is 19.8 Å². The van der Waals surface area contributed by atoms with Crippen molar-refractivity contribution in [2.45, 2.75) is 26.3 Å². The highest BCUT2D eigenvalue weighted by molar-refractivity contribution is 5.81. The van der Waals surface area contributed by atoms with E-state index in [4.69, 9.17) is 20.2 Å². The highest BCUT2D eigenvalue weighted by atomic mass is 16.7. The van der Waals surface area contributed by atoms with Crippen LogP contribution in [0.2, 0.25) is 0 Å². The number of ether oxygens (including phenoxy) is 2. The van der Waals surface area contributed by atoms with Gasteiger partial charge in [0.25, 0.3) is 0 Å². The van der Waals surface area contributed by atoms with Gasteiger partial charge in [-0.25, -0.2) is 4.98 Å². The van der Waals surface area contributed by atoms with Crippen molar-refractivity contribution in [3.63, 3.8) is 0 Å². The quantitative estimate of drug-likeness (QED) is 0.751. The second kappa shape index (κ2) is 5.50. The molecule has 0 atom stereocenters. The molecule has 1 aliphatic heterocycles. The maximum Gasteiger partial charge on any atom is 0.231 e. The Balaban J connectivity index is 1.81. The lowest BCUT2D eigenvalue weighted by molar-refractivity contribution is 0.174. The minimum Gasteiger partial charge on any atom is -0.454 e. The number of imidazole rings is 1. The molecule has 0 saturated heterocycles. The van der Waals surface area contributed by atoms with Crippen molar-refractivity contribution in [3.8, 4) is 11.5 Å². The lowest BCUT2D eigenvalue weighted by Crippen LogP contribution is -2.05. The summed E-state index contributed by atoms with van der Waals surface area (Å²) in [5.41, 5.74) is 9.79. The van der Waals surface area contributed by atoms with Gasteiger partial charge in [0.15, 0.2) is 11.5 Å². The Bertz CT molecular complexity index is 853. The molecule has 0 spiro atoms. The summed E-state index contributed by atoms with van der Waals surface area (Å²) in [7, 11) is 0. The fourth-order valence-electron chi connectivity index (χ4n) is 2.96. The second-order valence-corrected chi connectivity index (χ2v) is 5.80. The number of nitrogen functional groups attached to an aromatic ring is 1. The number of aromatic nitrogens is 2. The van der Waals surface area contributed by atoms with Gasteiger partial charge in [-0.2, -0.15) is 0 Å². The van der Waals surface area contributed by atoms with E-state index in [0.29, 0.717) is 0 Å². The number of fused-ring (bicyclic) bond motifs is 2. The summed E-state index contributed by atoms with van der Waals surface area (Å²) >= 11 is 0. The molecule has 2 N–H and O–H groups in total. The molecule has 2 heterocycles. The zero-order valence-corrected chi connectivity index (χ0v) is 13.1. The fraction of sp³-hybridized carbons (Fsp3) is 0.278. The van der Waals surface area contributed by atoms with Crippen LogP contribution in [0.25, 0.3) is 11.0 Å². The van der Waals surface area contributed by atoms with Crippen LogP contribution in [0.1, 0.15) is 24.7 Å². The Hall–Kier alpha value is -2.69. The number of aryl methyl sites for hydroxylation is 1. The zero-order chi connectivity index (χ0) is 15.8. The van der Waals surface area contributed by atoms with Crippen molar-refractivity contribution in [1.29, 1.82) is 0 Å². The SMILES string of the molecule is CCCc1nc2cc3c(cc2n1Cc1ccc(N)cc1)OCO3. The minimum atomic E-state index is 0.279. The predicted molar refractivity (Wildman–Crippen MR) is 89.8 cm³/mol. The smallest absolute Gasteiger partial charge is 0.231 e. The summed E-state index contributed by atoms with van der Waals surface area (Å²) in [5.74, 6) is 2.65. The van der Waals surface area contributed by atoms with E-state index >= 15 is 0 Å². The van der Waals surface area contributed by atoms with E-state index in [0.717, 1.165) is 53.4 Å². The summed E-state index contributed by atoms with van der Waals surface area (Å²) < 4.78 is 13.2. The van der Waals surface area contributed by atoms with Crippen LogP contribution in [-0.4, -0.2) is 16.3 Å². The van der Waals surface area contributed by atoms with Crippen LogP contribution in [-0.2, 0) is 13.0 Å². The van der Waals surface area contributed by atoms with Crippen LogP contribution in [0.4, 0.5) is 5.69 Å². The Morgan fingerprint density at radius 2 is 1.87 bits per heavy atom. The first kappa shape index (κ1) is 13.9. The van der Waals surface area contributed by atoms with Crippen LogP contribution in [0.5, 0.6) is 11.5 Å². The summed E-state index contributed by atoms with van der Waals surface area (Å²) in [6.45, 7) is 3.21. The minimum absolute atomic E-state index is 0.279. The molecule has 3 aromatic rings. The molecule has 23 heavy (non-hydrogen) atoms. The number of hydrogen-bond acceptors (Lipinski definition) is 4. The normalized spacial score (nSPS) is 12.9. The highest BCUT2D eigenvalue weighted by Crippen LogP contribution is 2.36. The van der Waals surface area contributed by atoms with Crippen LogP contribution in [0.15, 0.2) is 36.4 Å². The maximum atomic E-state index is 5.78. The Morgan fingerprint density at radius 3 is 2.61 bits per heavy atom. The third-order valence-corrected chi connectivity index (χ3v) is 4.12. The summed E-state index contributed by atoms with van der Waals surface area (Å²) in [6.07, 6.45) is 1.99. The van der Waals surface area contributed by atoms with Gasteiger partial charge in [0.1, 0.15) is 5.82 Å². The first-order valence-corrected chi connectivity index (χ1v) is 7.88. The first-order valence-electron chi connectivity index (χ1n) is 7.88. The lowest BCUT2D eigenvalue weighted by atomic mass is 10.2. The van der Waals surface area contributed by atoms with E-state index in [1.165, 1.54) is 5.56 Å². The average Bonchev–Trinajstić information content (AvgIpc) is 3.12. The van der Waals surface area contributed by atoms with Crippen molar-refractivity contribution in [1.82, 2.24) is 9.55 Å². The average molecular weight is 309 g/mol. The molecule has 0 unspecified atom stereocenters. The van der Waals surface area contributed by atoms with Gasteiger partial charge in [-0.15, -0.1) is 0 Å². The standard InChI is InChI=1S/C18H19N3O2/c1-2-3-18-20-14-8-16-17(23-11-22-16)9-15(14)21(18)10-12-4-6-13(19)7-5-12/h4-9H,2-3,10-11,19H2,1H3. The van der Waals surface area contributed by atoms with Crippen molar-refractivity contribution >= 4 is 16.7 Å². The van der Waals surface area contributed by atoms with E-state index in [-0.39, 0.29) is 6.79 Å². The molecule has 4 rings (SSSR count). The zero-order valence-electron chi connectivity index (χ0n) is 13.1. The van der Waals surface area contributed by atoms with E-state index in [2.05, 4.69) is 23.6 Å². The van der Waals surface area contributed by atoms with E-state index in [1.807, 2.05) is 24.3 Å². The van der Waals surface area contributed by atoms with Gasteiger partial charge >= 0.3 is 0 Å². The van der Waals surface area contributed by atoms with E-state index < -0.39 is 0 Å². The first-order chi connectivity index (χ1) is 11.2. The monoisotopic (exact) mass is 309 g/mol. The van der Waals surface area contributed by atoms with Gasteiger partial charge in [0.05, 0.1) is 11.0 Å². The highest BCUT2D eigenvalue weighted by Gasteiger charge is 2.19. The molecule has 0 amide bonds. The molecule has 0 bridgehead atoms. The second-order valence-electron chi connectivity index (χ2n) is 5.80. The van der Waals surface area contributed by atoms with Crippen LogP contribution >= 0.6 is 0 Å². The van der Waals surface area contributed by atoms with E-state index in [9.17, 15) is 0 Å². The predicted octanol–water partition coefficient (Wildman–Crippen LogP) is 3.35. The Kier molecular flexibility index (Phi) is 3.33. The molecular formula is C18H19N3O2. The molecule has 1 aliphatic rings. The molecule has 0 fully saturated rings. The number of anilines is 1. The number of nitrogens with two attached hydrogens (primary N) is 1. The Labute approximate surface area is 134 Å². The topological polar surface area (TPSA) is 62.3 Å². The van der Waals surface area contributed by atoms with Crippen molar-refractivity contribution in [3.05, 3.63) is 47.8 Å². The maximum absolute atomic E-state index is 5.78. The van der Waals surface area contributed by atoms with Crippen LogP contribution in [0, 0.1) is 0 Å². The van der Waals surface area contributed by atoms with Gasteiger partial charge in [-0.3, -0.25) is 0 Å². The Morgan fingerprint density at radius 1 is 1.13 bits per heavy atom. The van der Waals surface area contributed by atoms with Gasteiger partial charge in [0.2, 0.25) is 6.79 Å². The molecule has 2 aromatic carbocycles. The van der Waals surface area contributed by atoms with Gasteiger partial charge in [-0.05, 0) is 24.1 Å². The molecule has 0 radical (unpaired) electrons. The largest absolute Gasteiger partial charge is 0.454 e. The van der Waals surface area contributed by atoms with Crippen molar-refractivity contribution in [2.75, 3.05) is 12.5 Å². The molecule has 0 aliphatic carbocycles. The molecule has 5 heteroatoms. The van der Waals surface area contributed by atoms with E-state index in [1.54, 1.807) is 0 Å². The molecule has 118 valence electrons. The third-order valence-electron chi connectivity index (χ3n) is 4.12. The van der Waals surface area contributed by atoms with Crippen LogP contribution in [0.3, 0.4) is 0 Å². The molecule has 0 saturated carbocycles. The molecular weight excluding hydrogens is 290 g/mol. The molecule has 5 nitrogen and oxygen atoms in total. The third kappa shape index (κ3) is 2.48. The van der Waals surface area contributed by atoms with Gasteiger partial charge in [0, 0.05) is 30.8 Å². The molecule has 1 aromatic heterocycles. The number of rotatable bonds is 4. The lowest BCUT2D eigenvalue weighted by Gasteiger charge is -2.09. The number of benzene rings is 2.